The summed E-state index contributed by atoms with van der Waals surface area (Å²) in [6.07, 6.45) is 3.57. The third-order valence-electron chi connectivity index (χ3n) is 1.32. The van der Waals surface area contributed by atoms with Crippen molar-refractivity contribution in [1.82, 2.24) is 15.2 Å². The van der Waals surface area contributed by atoms with E-state index in [2.05, 4.69) is 37.8 Å². The van der Waals surface area contributed by atoms with Gasteiger partial charge in [-0.15, -0.1) is 0 Å². The van der Waals surface area contributed by atoms with E-state index in [0.717, 1.165) is 14.6 Å². The van der Waals surface area contributed by atoms with E-state index in [1.807, 2.05) is 6.07 Å². The summed E-state index contributed by atoms with van der Waals surface area (Å²) in [6.45, 7) is 0. The van der Waals surface area contributed by atoms with Gasteiger partial charge in [0.1, 0.15) is 3.70 Å². The topological polar surface area (TPSA) is 41.6 Å². The first kappa shape index (κ1) is 6.09. The maximum absolute atomic E-state index is 4.09. The largest absolute Gasteiger partial charge is 0.275 e. The molecule has 4 heteroatoms. The van der Waals surface area contributed by atoms with Crippen LogP contribution in [0.5, 0.6) is 0 Å². The molecule has 0 saturated carbocycles. The van der Waals surface area contributed by atoms with Crippen LogP contribution in [0.1, 0.15) is 0 Å². The van der Waals surface area contributed by atoms with Crippen LogP contribution in [-0.4, -0.2) is 15.2 Å². The quantitative estimate of drug-likeness (QED) is 0.565. The van der Waals surface area contributed by atoms with Crippen LogP contribution >= 0.6 is 22.6 Å². The summed E-state index contributed by atoms with van der Waals surface area (Å²) in [6, 6.07) is 1.93. The summed E-state index contributed by atoms with van der Waals surface area (Å²) in [5.41, 5.74) is 1.02. The van der Waals surface area contributed by atoms with Crippen molar-refractivity contribution in [3.63, 3.8) is 0 Å². The smallest absolute Gasteiger partial charge is 0.126 e. The number of nitrogens with one attached hydrogen (secondary N) is 1. The monoisotopic (exact) mass is 245 g/mol. The zero-order valence-electron chi connectivity index (χ0n) is 5.00. The molecule has 2 rings (SSSR count). The van der Waals surface area contributed by atoms with Crippen LogP contribution in [0.2, 0.25) is 0 Å². The Labute approximate surface area is 71.0 Å². The third-order valence-corrected chi connectivity index (χ3v) is 2.13. The van der Waals surface area contributed by atoms with E-state index >= 15 is 0 Å². The lowest BCUT2D eigenvalue weighted by Gasteiger charge is -1.88. The van der Waals surface area contributed by atoms with Crippen LogP contribution in [-0.2, 0) is 0 Å². The van der Waals surface area contributed by atoms with Gasteiger partial charge in [0.25, 0.3) is 0 Å². The van der Waals surface area contributed by atoms with Gasteiger partial charge in [-0.25, -0.2) is 4.98 Å². The molecule has 0 unspecified atom stereocenters. The molecule has 0 atom stereocenters. The number of hydrogen-bond acceptors (Lipinski definition) is 2. The molecular formula is C6H4IN3. The maximum atomic E-state index is 4.09. The summed E-state index contributed by atoms with van der Waals surface area (Å²) >= 11 is 2.17. The highest BCUT2D eigenvalue weighted by Gasteiger charge is 1.97. The van der Waals surface area contributed by atoms with Gasteiger partial charge in [0.15, 0.2) is 0 Å². The molecule has 0 aliphatic rings. The predicted molar refractivity (Wildman–Crippen MR) is 46.6 cm³/mol. The summed E-state index contributed by atoms with van der Waals surface area (Å²) in [7, 11) is 0. The van der Waals surface area contributed by atoms with Crippen LogP contribution in [0, 0.1) is 3.70 Å². The molecule has 0 spiro atoms. The Balaban J connectivity index is 2.95. The Hall–Kier alpha value is -0.650. The second kappa shape index (κ2) is 2.19. The minimum absolute atomic E-state index is 0.965. The van der Waals surface area contributed by atoms with E-state index in [0.29, 0.717) is 0 Å². The Morgan fingerprint density at radius 1 is 1.50 bits per heavy atom. The minimum Gasteiger partial charge on any atom is -0.275 e. The van der Waals surface area contributed by atoms with Crippen molar-refractivity contribution in [1.29, 1.82) is 0 Å². The molecule has 0 saturated heterocycles. The van der Waals surface area contributed by atoms with Gasteiger partial charge in [0, 0.05) is 11.6 Å². The molecule has 2 aromatic rings. The molecule has 0 fully saturated rings. The first-order valence-electron chi connectivity index (χ1n) is 2.81. The van der Waals surface area contributed by atoms with E-state index in [1.165, 1.54) is 0 Å². The first-order chi connectivity index (χ1) is 4.88. The van der Waals surface area contributed by atoms with E-state index in [9.17, 15) is 0 Å². The van der Waals surface area contributed by atoms with E-state index in [-0.39, 0.29) is 0 Å². The van der Waals surface area contributed by atoms with Crippen molar-refractivity contribution < 1.29 is 0 Å². The van der Waals surface area contributed by atoms with Gasteiger partial charge in [-0.05, 0) is 28.7 Å². The lowest BCUT2D eigenvalue weighted by Crippen LogP contribution is -1.79. The minimum atomic E-state index is 0.965. The molecule has 0 amide bonds. The van der Waals surface area contributed by atoms with Crippen LogP contribution < -0.4 is 0 Å². The van der Waals surface area contributed by atoms with Crippen molar-refractivity contribution in [3.05, 3.63) is 22.2 Å². The van der Waals surface area contributed by atoms with Crippen LogP contribution in [0.25, 0.3) is 10.9 Å². The summed E-state index contributed by atoms with van der Waals surface area (Å²) in [5, 5.41) is 7.87. The highest BCUT2D eigenvalue weighted by Crippen LogP contribution is 2.13. The lowest BCUT2D eigenvalue weighted by atomic mass is 10.3. The average Bonchev–Trinajstić information content (AvgIpc) is 2.36. The highest BCUT2D eigenvalue weighted by atomic mass is 127. The molecule has 2 aromatic heterocycles. The molecule has 10 heavy (non-hydrogen) atoms. The fraction of sp³-hybridized carbons (Fsp3) is 0. The van der Waals surface area contributed by atoms with Crippen LogP contribution in [0.3, 0.4) is 0 Å². The fourth-order valence-corrected chi connectivity index (χ4v) is 1.43. The molecule has 1 N–H and O–H groups in total. The van der Waals surface area contributed by atoms with Gasteiger partial charge in [-0.2, -0.15) is 5.10 Å². The number of hydrogen-bond donors (Lipinski definition) is 1. The van der Waals surface area contributed by atoms with Crippen molar-refractivity contribution >= 4 is 33.5 Å². The molecule has 3 nitrogen and oxygen atoms in total. The zero-order valence-corrected chi connectivity index (χ0v) is 7.16. The van der Waals surface area contributed by atoms with Crippen molar-refractivity contribution in [2.75, 3.05) is 0 Å². The Morgan fingerprint density at radius 2 is 2.40 bits per heavy atom. The van der Waals surface area contributed by atoms with E-state index < -0.39 is 0 Å². The lowest BCUT2D eigenvalue weighted by molar-refractivity contribution is 1.11. The van der Waals surface area contributed by atoms with Crippen LogP contribution in [0.4, 0.5) is 0 Å². The SMILES string of the molecule is Ic1nccc2cn[nH]c12. The van der Waals surface area contributed by atoms with Gasteiger partial charge in [-0.3, -0.25) is 5.10 Å². The number of nitrogens with zero attached hydrogens (tertiary/aromatic N) is 2. The molecule has 0 bridgehead atoms. The standard InChI is InChI=1S/C6H4IN3/c7-6-5-4(1-2-8-6)3-9-10-5/h1-3H,(H,9,10). The second-order valence-corrected chi connectivity index (χ2v) is 2.96. The number of pyridine rings is 1. The highest BCUT2D eigenvalue weighted by molar-refractivity contribution is 14.1. The number of aromatic amines is 1. The fourth-order valence-electron chi connectivity index (χ4n) is 0.835. The Morgan fingerprint density at radius 3 is 3.20 bits per heavy atom. The zero-order chi connectivity index (χ0) is 6.97. The van der Waals surface area contributed by atoms with Crippen molar-refractivity contribution in [2.24, 2.45) is 0 Å². The maximum Gasteiger partial charge on any atom is 0.126 e. The van der Waals surface area contributed by atoms with E-state index in [4.69, 9.17) is 0 Å². The van der Waals surface area contributed by atoms with E-state index in [1.54, 1.807) is 12.4 Å². The second-order valence-electron chi connectivity index (χ2n) is 1.94. The van der Waals surface area contributed by atoms with Crippen molar-refractivity contribution in [2.45, 2.75) is 0 Å². The predicted octanol–water partition coefficient (Wildman–Crippen LogP) is 1.56. The molecule has 0 aliphatic heterocycles. The number of rotatable bonds is 0. The molecule has 50 valence electrons. The Kier molecular flexibility index (Phi) is 1.33. The third kappa shape index (κ3) is 0.792. The Bertz CT molecular complexity index is 355. The van der Waals surface area contributed by atoms with Gasteiger partial charge < -0.3 is 0 Å². The van der Waals surface area contributed by atoms with Crippen LogP contribution in [0.15, 0.2) is 18.5 Å². The number of fused-ring (bicyclic) bond motifs is 1. The molecule has 0 aromatic carbocycles. The van der Waals surface area contributed by atoms with Gasteiger partial charge in [0.05, 0.1) is 11.7 Å². The number of halogens is 1. The van der Waals surface area contributed by atoms with Gasteiger partial charge in [0.2, 0.25) is 0 Å². The van der Waals surface area contributed by atoms with Gasteiger partial charge in [-0.1, -0.05) is 0 Å². The summed E-state index contributed by atoms with van der Waals surface area (Å²) < 4.78 is 0.965. The first-order valence-corrected chi connectivity index (χ1v) is 3.89. The summed E-state index contributed by atoms with van der Waals surface area (Å²) in [4.78, 5) is 4.09. The molecule has 2 heterocycles. The number of aromatic nitrogens is 3. The molecular weight excluding hydrogens is 241 g/mol. The summed E-state index contributed by atoms with van der Waals surface area (Å²) in [5.74, 6) is 0. The molecule has 0 radical (unpaired) electrons. The molecule has 0 aliphatic carbocycles. The number of H-pyrrole nitrogens is 1. The van der Waals surface area contributed by atoms with Gasteiger partial charge >= 0.3 is 0 Å². The average molecular weight is 245 g/mol. The van der Waals surface area contributed by atoms with Crippen molar-refractivity contribution in [3.8, 4) is 0 Å². The normalized spacial score (nSPS) is 10.5.